The predicted molar refractivity (Wildman–Crippen MR) is 74.1 cm³/mol. The van der Waals surface area contributed by atoms with Crippen molar-refractivity contribution in [3.8, 4) is 0 Å². The molecular weight excluding hydrogens is 244 g/mol. The second-order valence-electron chi connectivity index (χ2n) is 4.29. The summed E-state index contributed by atoms with van der Waals surface area (Å²) in [4.78, 5) is 24.8. The van der Waals surface area contributed by atoms with E-state index in [2.05, 4.69) is 5.32 Å². The van der Waals surface area contributed by atoms with Crippen LogP contribution in [0.3, 0.4) is 0 Å². The molecule has 0 radical (unpaired) electrons. The zero-order chi connectivity index (χ0) is 14.3. The molecule has 0 aliphatic heterocycles. The van der Waals surface area contributed by atoms with E-state index in [1.54, 1.807) is 7.11 Å². The highest BCUT2D eigenvalue weighted by atomic mass is 16.5. The number of benzene rings is 1. The molecule has 0 bridgehead atoms. The second kappa shape index (κ2) is 7.53. The number of amides is 2. The molecular formula is C14H20N2O3. The third kappa shape index (κ3) is 5.09. The Morgan fingerprint density at radius 2 is 2.11 bits per heavy atom. The van der Waals surface area contributed by atoms with E-state index in [1.807, 2.05) is 31.2 Å². The Hall–Kier alpha value is -1.88. The number of methoxy groups -OCH3 is 1. The Balaban J connectivity index is 2.68. The summed E-state index contributed by atoms with van der Waals surface area (Å²) in [6, 6.07) is 7.50. The lowest BCUT2D eigenvalue weighted by Crippen LogP contribution is -2.40. The maximum absolute atomic E-state index is 11.7. The molecule has 1 aromatic carbocycles. The molecule has 0 saturated heterocycles. The van der Waals surface area contributed by atoms with Gasteiger partial charge in [0.2, 0.25) is 11.8 Å². The first-order chi connectivity index (χ1) is 9.04. The summed E-state index contributed by atoms with van der Waals surface area (Å²) in [6.45, 7) is 4.30. The summed E-state index contributed by atoms with van der Waals surface area (Å²) in [5.74, 6) is -0.360. The Kier molecular flexibility index (Phi) is 6.02. The maximum Gasteiger partial charge on any atom is 0.240 e. The fourth-order valence-corrected chi connectivity index (χ4v) is 1.67. The number of carbonyl (C=O) groups is 2. The minimum atomic E-state index is -0.200. The zero-order valence-corrected chi connectivity index (χ0v) is 11.6. The van der Waals surface area contributed by atoms with Crippen LogP contribution < -0.4 is 10.2 Å². The van der Waals surface area contributed by atoms with E-state index >= 15 is 0 Å². The normalized spacial score (nSPS) is 10.1. The van der Waals surface area contributed by atoms with Crippen LogP contribution in [0.1, 0.15) is 12.5 Å². The first kappa shape index (κ1) is 15.2. The third-order valence-corrected chi connectivity index (χ3v) is 2.62. The number of hydrogen-bond donors (Lipinski definition) is 1. The van der Waals surface area contributed by atoms with Crippen molar-refractivity contribution in [2.24, 2.45) is 0 Å². The second-order valence-corrected chi connectivity index (χ2v) is 4.29. The minimum absolute atomic E-state index is 0.0164. The summed E-state index contributed by atoms with van der Waals surface area (Å²) >= 11 is 0. The van der Waals surface area contributed by atoms with E-state index in [-0.39, 0.29) is 18.4 Å². The quantitative estimate of drug-likeness (QED) is 0.783. The van der Waals surface area contributed by atoms with Crippen LogP contribution in [0.2, 0.25) is 0 Å². The van der Waals surface area contributed by atoms with Gasteiger partial charge in [0, 0.05) is 26.3 Å². The van der Waals surface area contributed by atoms with Gasteiger partial charge in [-0.25, -0.2) is 0 Å². The van der Waals surface area contributed by atoms with Crippen LogP contribution in [0.25, 0.3) is 0 Å². The van der Waals surface area contributed by atoms with Crippen LogP contribution in [0.5, 0.6) is 0 Å². The van der Waals surface area contributed by atoms with Crippen molar-refractivity contribution in [2.45, 2.75) is 13.8 Å². The molecule has 0 unspecified atom stereocenters. The Bertz CT molecular complexity index is 446. The van der Waals surface area contributed by atoms with Crippen LogP contribution >= 0.6 is 0 Å². The van der Waals surface area contributed by atoms with Gasteiger partial charge in [0.1, 0.15) is 6.54 Å². The molecule has 1 rings (SSSR count). The molecule has 104 valence electrons. The van der Waals surface area contributed by atoms with Gasteiger partial charge in [-0.1, -0.05) is 12.1 Å². The van der Waals surface area contributed by atoms with Gasteiger partial charge < -0.3 is 15.0 Å². The summed E-state index contributed by atoms with van der Waals surface area (Å²) < 4.78 is 4.85. The van der Waals surface area contributed by atoms with Crippen molar-refractivity contribution in [1.29, 1.82) is 0 Å². The van der Waals surface area contributed by atoms with Crippen LogP contribution in [0.4, 0.5) is 5.69 Å². The van der Waals surface area contributed by atoms with E-state index in [9.17, 15) is 9.59 Å². The molecule has 0 aromatic heterocycles. The van der Waals surface area contributed by atoms with E-state index in [0.29, 0.717) is 13.2 Å². The van der Waals surface area contributed by atoms with Gasteiger partial charge in [-0.15, -0.1) is 0 Å². The van der Waals surface area contributed by atoms with Crippen LogP contribution in [0.15, 0.2) is 24.3 Å². The predicted octanol–water partition coefficient (Wildman–Crippen LogP) is 1.11. The summed E-state index contributed by atoms with van der Waals surface area (Å²) in [6.07, 6.45) is 0. The van der Waals surface area contributed by atoms with Crippen molar-refractivity contribution >= 4 is 17.5 Å². The largest absolute Gasteiger partial charge is 0.383 e. The number of anilines is 1. The molecule has 1 N–H and O–H groups in total. The number of carbonyl (C=O) groups excluding carboxylic acids is 2. The molecule has 0 aliphatic carbocycles. The average molecular weight is 264 g/mol. The fourth-order valence-electron chi connectivity index (χ4n) is 1.67. The molecule has 0 saturated carbocycles. The molecule has 5 heteroatoms. The van der Waals surface area contributed by atoms with Gasteiger partial charge in [-0.05, 0) is 24.6 Å². The zero-order valence-electron chi connectivity index (χ0n) is 11.6. The van der Waals surface area contributed by atoms with Crippen molar-refractivity contribution in [1.82, 2.24) is 5.32 Å². The first-order valence-electron chi connectivity index (χ1n) is 6.15. The number of nitrogens with zero attached hydrogens (tertiary/aromatic N) is 1. The van der Waals surface area contributed by atoms with Gasteiger partial charge in [-0.3, -0.25) is 9.59 Å². The van der Waals surface area contributed by atoms with Gasteiger partial charge in [0.25, 0.3) is 0 Å². The summed E-state index contributed by atoms with van der Waals surface area (Å²) in [5.41, 5.74) is 1.78. The summed E-state index contributed by atoms with van der Waals surface area (Å²) in [7, 11) is 1.57. The van der Waals surface area contributed by atoms with Gasteiger partial charge in [-0.2, -0.15) is 0 Å². The van der Waals surface area contributed by atoms with Crippen molar-refractivity contribution in [3.05, 3.63) is 29.8 Å². The Morgan fingerprint density at radius 1 is 1.37 bits per heavy atom. The highest BCUT2D eigenvalue weighted by molar-refractivity contribution is 5.97. The van der Waals surface area contributed by atoms with Gasteiger partial charge in [0.15, 0.2) is 0 Å². The fraction of sp³-hybridized carbons (Fsp3) is 0.429. The lowest BCUT2D eigenvalue weighted by molar-refractivity contribution is -0.123. The monoisotopic (exact) mass is 264 g/mol. The van der Waals surface area contributed by atoms with E-state index < -0.39 is 0 Å². The smallest absolute Gasteiger partial charge is 0.240 e. The molecule has 19 heavy (non-hydrogen) atoms. The van der Waals surface area contributed by atoms with Crippen LogP contribution in [0, 0.1) is 6.92 Å². The highest BCUT2D eigenvalue weighted by Crippen LogP contribution is 2.15. The summed E-state index contributed by atoms with van der Waals surface area (Å²) in [5, 5.41) is 2.70. The van der Waals surface area contributed by atoms with Crippen molar-refractivity contribution in [3.63, 3.8) is 0 Å². The topological polar surface area (TPSA) is 58.6 Å². The van der Waals surface area contributed by atoms with Crippen molar-refractivity contribution in [2.75, 3.05) is 31.7 Å². The number of rotatable bonds is 6. The van der Waals surface area contributed by atoms with E-state index in [1.165, 1.54) is 11.8 Å². The molecule has 2 amide bonds. The molecule has 0 fully saturated rings. The number of nitrogens with one attached hydrogen (secondary N) is 1. The molecule has 0 heterocycles. The lowest BCUT2D eigenvalue weighted by Gasteiger charge is -2.21. The Morgan fingerprint density at radius 3 is 2.68 bits per heavy atom. The SMILES string of the molecule is COCCNC(=O)CN(C(C)=O)c1cccc(C)c1. The number of ether oxygens (including phenoxy) is 1. The molecule has 0 spiro atoms. The average Bonchev–Trinajstić information content (AvgIpc) is 2.36. The third-order valence-electron chi connectivity index (χ3n) is 2.62. The first-order valence-corrected chi connectivity index (χ1v) is 6.15. The number of hydrogen-bond acceptors (Lipinski definition) is 3. The van der Waals surface area contributed by atoms with Gasteiger partial charge >= 0.3 is 0 Å². The number of aryl methyl sites for hydroxylation is 1. The van der Waals surface area contributed by atoms with Gasteiger partial charge in [0.05, 0.1) is 6.61 Å². The van der Waals surface area contributed by atoms with E-state index in [0.717, 1.165) is 11.3 Å². The lowest BCUT2D eigenvalue weighted by atomic mass is 10.2. The highest BCUT2D eigenvalue weighted by Gasteiger charge is 2.15. The Labute approximate surface area is 113 Å². The molecule has 0 aliphatic rings. The standard InChI is InChI=1S/C14H20N2O3/c1-11-5-4-6-13(9-11)16(12(2)17)10-14(18)15-7-8-19-3/h4-6,9H,7-8,10H2,1-3H3,(H,15,18). The minimum Gasteiger partial charge on any atom is -0.383 e. The van der Waals surface area contributed by atoms with Crippen LogP contribution in [-0.4, -0.2) is 38.6 Å². The molecule has 5 nitrogen and oxygen atoms in total. The van der Waals surface area contributed by atoms with E-state index in [4.69, 9.17) is 4.74 Å². The molecule has 1 aromatic rings. The maximum atomic E-state index is 11.7. The molecule has 0 atom stereocenters. The van der Waals surface area contributed by atoms with Crippen LogP contribution in [-0.2, 0) is 14.3 Å². The van der Waals surface area contributed by atoms with Crippen molar-refractivity contribution < 1.29 is 14.3 Å².